The molecule has 0 aliphatic carbocycles. The number of Topliss-reactive ketones (excluding diaryl/α,β-unsaturated/α-hetero) is 1. The number of ketones is 1. The molecule has 5 rings (SSSR count). The molecule has 0 radical (unpaired) electrons. The maximum Gasteiger partial charge on any atom is 0.211 e. The highest BCUT2D eigenvalue weighted by Gasteiger charge is 2.42. The Hall–Kier alpha value is -4.15. The van der Waals surface area contributed by atoms with E-state index < -0.39 is 35.8 Å². The van der Waals surface area contributed by atoms with Crippen molar-refractivity contribution >= 4 is 5.78 Å². The van der Waals surface area contributed by atoms with Gasteiger partial charge >= 0.3 is 0 Å². The molecule has 0 saturated heterocycles. The Morgan fingerprint density at radius 1 is 0.914 bits per heavy atom. The summed E-state index contributed by atoms with van der Waals surface area (Å²) in [4.78, 5) is 12.9. The van der Waals surface area contributed by atoms with E-state index in [9.17, 15) is 35.4 Å². The lowest BCUT2D eigenvalue weighted by Gasteiger charge is -2.29. The van der Waals surface area contributed by atoms with Gasteiger partial charge in [-0.05, 0) is 29.8 Å². The average Bonchev–Trinajstić information content (AvgIpc) is 3.20. The van der Waals surface area contributed by atoms with Crippen LogP contribution >= 0.6 is 0 Å². The van der Waals surface area contributed by atoms with E-state index in [1.54, 1.807) is 12.1 Å². The van der Waals surface area contributed by atoms with Crippen LogP contribution in [0.2, 0.25) is 0 Å². The molecule has 35 heavy (non-hydrogen) atoms. The third-order valence-corrected chi connectivity index (χ3v) is 6.31. The lowest BCUT2D eigenvalue weighted by molar-refractivity contribution is -0.137. The van der Waals surface area contributed by atoms with Crippen LogP contribution in [0, 0.1) is 0 Å². The Kier molecular flexibility index (Phi) is 5.34. The summed E-state index contributed by atoms with van der Waals surface area (Å²) < 4.78 is 16.8. The number of benzene rings is 3. The molecule has 0 amide bonds. The Morgan fingerprint density at radius 3 is 2.40 bits per heavy atom. The van der Waals surface area contributed by atoms with E-state index in [0.29, 0.717) is 11.1 Å². The average molecular weight is 482 g/mol. The number of methoxy groups -OCH3 is 1. The normalized spacial score (nSPS) is 22.7. The van der Waals surface area contributed by atoms with E-state index in [1.807, 2.05) is 0 Å². The first-order valence-electron chi connectivity index (χ1n) is 10.7. The molecular formula is C25H22O10. The van der Waals surface area contributed by atoms with Crippen LogP contribution in [0.3, 0.4) is 0 Å². The number of aliphatic hydroxyl groups excluding tert-OH is 2. The molecule has 2 aliphatic rings. The van der Waals surface area contributed by atoms with E-state index in [2.05, 4.69) is 0 Å². The van der Waals surface area contributed by atoms with Gasteiger partial charge in [-0.2, -0.15) is 0 Å². The molecule has 3 aromatic rings. The van der Waals surface area contributed by atoms with E-state index in [1.165, 1.54) is 31.4 Å². The van der Waals surface area contributed by atoms with Crippen molar-refractivity contribution in [3.05, 3.63) is 64.7 Å². The number of ether oxygens (including phenoxy) is 3. The number of aliphatic hydroxyl groups is 2. The second-order valence-electron chi connectivity index (χ2n) is 8.40. The summed E-state index contributed by atoms with van der Waals surface area (Å²) in [5, 5.41) is 61.2. The second-order valence-corrected chi connectivity index (χ2v) is 8.40. The molecule has 0 saturated carbocycles. The monoisotopic (exact) mass is 482 g/mol. The Labute approximate surface area is 198 Å². The van der Waals surface area contributed by atoms with Crippen molar-refractivity contribution in [2.24, 2.45) is 0 Å². The van der Waals surface area contributed by atoms with Crippen LogP contribution in [-0.4, -0.2) is 50.1 Å². The third-order valence-electron chi connectivity index (χ3n) is 6.31. The summed E-state index contributed by atoms with van der Waals surface area (Å²) in [5.74, 6) is -2.36. The molecule has 0 bridgehead atoms. The zero-order chi connectivity index (χ0) is 25.0. The van der Waals surface area contributed by atoms with Crippen LogP contribution < -0.4 is 14.2 Å². The highest BCUT2D eigenvalue weighted by molar-refractivity contribution is 5.92. The van der Waals surface area contributed by atoms with Gasteiger partial charge in [-0.1, -0.05) is 6.07 Å². The molecule has 2 heterocycles. The molecule has 10 heteroatoms. The summed E-state index contributed by atoms with van der Waals surface area (Å²) in [7, 11) is 1.40. The predicted molar refractivity (Wildman–Crippen MR) is 119 cm³/mol. The van der Waals surface area contributed by atoms with Crippen molar-refractivity contribution < 1.29 is 49.6 Å². The molecule has 2 unspecified atom stereocenters. The first kappa shape index (κ1) is 22.6. The summed E-state index contributed by atoms with van der Waals surface area (Å²) in [5.41, 5.74) is 1.02. The van der Waals surface area contributed by atoms with E-state index >= 15 is 0 Å². The Bertz CT molecular complexity index is 1330. The van der Waals surface area contributed by atoms with E-state index in [4.69, 9.17) is 14.2 Å². The highest BCUT2D eigenvalue weighted by Crippen LogP contribution is 2.53. The van der Waals surface area contributed by atoms with Crippen LogP contribution in [-0.2, 0) is 4.79 Å². The van der Waals surface area contributed by atoms with Crippen molar-refractivity contribution in [2.75, 3.05) is 13.7 Å². The molecule has 6 N–H and O–H groups in total. The van der Waals surface area contributed by atoms with Gasteiger partial charge in [0.2, 0.25) is 5.78 Å². The van der Waals surface area contributed by atoms with Crippen molar-refractivity contribution in [3.8, 4) is 40.2 Å². The molecule has 10 nitrogen and oxygen atoms in total. The first-order chi connectivity index (χ1) is 16.7. The van der Waals surface area contributed by atoms with Gasteiger partial charge in [0.05, 0.1) is 25.2 Å². The van der Waals surface area contributed by atoms with Gasteiger partial charge in [-0.25, -0.2) is 0 Å². The fourth-order valence-electron chi connectivity index (χ4n) is 4.62. The summed E-state index contributed by atoms with van der Waals surface area (Å²) in [6, 6.07) is 9.55. The topological polar surface area (TPSA) is 166 Å². The quantitative estimate of drug-likeness (QED) is 0.325. The van der Waals surface area contributed by atoms with Gasteiger partial charge in [0, 0.05) is 23.3 Å². The SMILES string of the molecule is COc1cc([C@@H]2Oc3c(O)cc(C4Oc5cc(O)cc(O)c5C(O)C4=O)cc3[C@H]2CO)ccc1O. The molecule has 0 aromatic heterocycles. The number of phenolic OH excluding ortho intramolecular Hbond substituents is 4. The third kappa shape index (κ3) is 3.54. The molecular weight excluding hydrogens is 460 g/mol. The number of rotatable bonds is 4. The molecule has 3 aromatic carbocycles. The predicted octanol–water partition coefficient (Wildman–Crippen LogP) is 2.46. The van der Waals surface area contributed by atoms with Gasteiger partial charge < -0.3 is 44.8 Å². The summed E-state index contributed by atoms with van der Waals surface area (Å²) in [6.07, 6.45) is -3.81. The number of hydrogen-bond acceptors (Lipinski definition) is 10. The number of hydrogen-bond donors (Lipinski definition) is 6. The minimum absolute atomic E-state index is 0.0682. The van der Waals surface area contributed by atoms with E-state index in [0.717, 1.165) is 6.07 Å². The smallest absolute Gasteiger partial charge is 0.211 e. The van der Waals surface area contributed by atoms with Crippen LogP contribution in [0.4, 0.5) is 0 Å². The van der Waals surface area contributed by atoms with Crippen molar-refractivity contribution in [1.82, 2.24) is 0 Å². The Balaban J connectivity index is 1.54. The maximum absolute atomic E-state index is 12.9. The number of carbonyl (C=O) groups excluding carboxylic acids is 1. The highest BCUT2D eigenvalue weighted by atomic mass is 16.5. The van der Waals surface area contributed by atoms with Crippen LogP contribution in [0.5, 0.6) is 40.2 Å². The van der Waals surface area contributed by atoms with Gasteiger partial charge in [-0.15, -0.1) is 0 Å². The largest absolute Gasteiger partial charge is 0.508 e. The minimum Gasteiger partial charge on any atom is -0.508 e. The molecule has 0 fully saturated rings. The number of fused-ring (bicyclic) bond motifs is 2. The Morgan fingerprint density at radius 2 is 1.69 bits per heavy atom. The van der Waals surface area contributed by atoms with Gasteiger partial charge in [0.1, 0.15) is 29.5 Å². The molecule has 0 spiro atoms. The lowest BCUT2D eigenvalue weighted by atomic mass is 9.88. The molecule has 2 aliphatic heterocycles. The van der Waals surface area contributed by atoms with Crippen LogP contribution in [0.25, 0.3) is 0 Å². The lowest BCUT2D eigenvalue weighted by Crippen LogP contribution is -2.30. The zero-order valence-electron chi connectivity index (χ0n) is 18.4. The standard InChI is InChI=1S/C25H22O10/c1-33-18-6-10(2-3-15(18)28)23-14(9-26)13-4-11(5-17(30)25(13)35-23)24-22(32)21(31)20-16(29)7-12(27)8-19(20)34-24/h2-8,14,21,23-24,26-31H,9H2,1H3/t14-,21?,23+,24?/m1/s1. The van der Waals surface area contributed by atoms with Crippen molar-refractivity contribution in [3.63, 3.8) is 0 Å². The fraction of sp³-hybridized carbons (Fsp3) is 0.240. The zero-order valence-corrected chi connectivity index (χ0v) is 18.4. The van der Waals surface area contributed by atoms with Gasteiger partial charge in [0.25, 0.3) is 0 Å². The van der Waals surface area contributed by atoms with Gasteiger partial charge in [-0.3, -0.25) is 4.79 Å². The van der Waals surface area contributed by atoms with Gasteiger partial charge in [0.15, 0.2) is 29.1 Å². The van der Waals surface area contributed by atoms with Crippen LogP contribution in [0.15, 0.2) is 42.5 Å². The molecule has 182 valence electrons. The van der Waals surface area contributed by atoms with E-state index in [-0.39, 0.29) is 52.2 Å². The van der Waals surface area contributed by atoms with Crippen molar-refractivity contribution in [1.29, 1.82) is 0 Å². The number of phenols is 4. The maximum atomic E-state index is 12.9. The number of aromatic hydroxyl groups is 4. The summed E-state index contributed by atoms with van der Waals surface area (Å²) >= 11 is 0. The minimum atomic E-state index is -1.72. The summed E-state index contributed by atoms with van der Waals surface area (Å²) in [6.45, 7) is -0.365. The van der Waals surface area contributed by atoms with Crippen LogP contribution in [0.1, 0.15) is 46.5 Å². The first-order valence-corrected chi connectivity index (χ1v) is 10.7. The molecule has 4 atom stereocenters. The number of carbonyl (C=O) groups is 1. The fourth-order valence-corrected chi connectivity index (χ4v) is 4.62. The van der Waals surface area contributed by atoms with Crippen molar-refractivity contribution in [2.45, 2.75) is 24.2 Å². The second kappa shape index (κ2) is 8.26.